The molecule has 5 rings (SSSR count). The quantitative estimate of drug-likeness (QED) is 0.391. The summed E-state index contributed by atoms with van der Waals surface area (Å²) in [6, 6.07) is 1.94. The van der Waals surface area contributed by atoms with Gasteiger partial charge in [-0.2, -0.15) is 13.2 Å². The summed E-state index contributed by atoms with van der Waals surface area (Å²) in [5.41, 5.74) is -1.12. The van der Waals surface area contributed by atoms with Crippen molar-refractivity contribution in [3.63, 3.8) is 0 Å². The van der Waals surface area contributed by atoms with Gasteiger partial charge in [-0.05, 0) is 43.9 Å². The van der Waals surface area contributed by atoms with E-state index in [0.717, 1.165) is 9.58 Å². The fourth-order valence-electron chi connectivity index (χ4n) is 6.85. The van der Waals surface area contributed by atoms with Crippen molar-refractivity contribution < 1.29 is 46.2 Å². The lowest BCUT2D eigenvalue weighted by molar-refractivity contribution is -0.171. The number of rotatable bonds is 8. The maximum Gasteiger partial charge on any atom is 0.394 e. The summed E-state index contributed by atoms with van der Waals surface area (Å²) >= 11 is 6.57. The maximum atomic E-state index is 14.3. The lowest BCUT2D eigenvalue weighted by Crippen LogP contribution is -2.52. The Hall–Kier alpha value is -3.49. The molecule has 3 aliphatic rings. The van der Waals surface area contributed by atoms with Crippen LogP contribution in [0.2, 0.25) is 5.02 Å². The molecule has 0 bridgehead atoms. The molecule has 45 heavy (non-hydrogen) atoms. The number of ether oxygens (including phenoxy) is 1. The van der Waals surface area contributed by atoms with Crippen molar-refractivity contribution >= 4 is 29.4 Å². The average Bonchev–Trinajstić information content (AvgIpc) is 3.54. The van der Waals surface area contributed by atoms with Gasteiger partial charge in [-0.15, -0.1) is 5.10 Å². The largest absolute Gasteiger partial charge is 0.487 e. The van der Waals surface area contributed by atoms with Crippen LogP contribution in [-0.2, 0) is 34.5 Å². The molecule has 1 aliphatic carbocycles. The Bertz CT molecular complexity index is 1490. The monoisotopic (exact) mass is 661 g/mol. The van der Waals surface area contributed by atoms with Crippen molar-refractivity contribution in [1.29, 1.82) is 0 Å². The van der Waals surface area contributed by atoms with Gasteiger partial charge in [0.25, 0.3) is 6.43 Å². The van der Waals surface area contributed by atoms with E-state index in [4.69, 9.17) is 16.3 Å². The lowest BCUT2D eigenvalue weighted by atomic mass is 9.66. The molecule has 3 unspecified atom stereocenters. The molecular formula is C29H33ClF5N5O5. The Morgan fingerprint density at radius 3 is 2.62 bits per heavy atom. The highest BCUT2D eigenvalue weighted by molar-refractivity contribution is 6.31. The third kappa shape index (κ3) is 6.19. The molecule has 0 spiro atoms. The first-order valence-corrected chi connectivity index (χ1v) is 15.0. The number of hydrogen-bond donors (Lipinski definition) is 1. The van der Waals surface area contributed by atoms with E-state index in [-0.39, 0.29) is 42.4 Å². The molecule has 1 aromatic heterocycles. The van der Waals surface area contributed by atoms with Crippen molar-refractivity contribution in [3.05, 3.63) is 39.7 Å². The Labute approximate surface area is 260 Å². The number of benzene rings is 1. The van der Waals surface area contributed by atoms with E-state index >= 15 is 0 Å². The van der Waals surface area contributed by atoms with E-state index in [1.807, 2.05) is 0 Å². The van der Waals surface area contributed by atoms with Crippen LogP contribution in [0.25, 0.3) is 0 Å². The first-order valence-electron chi connectivity index (χ1n) is 14.6. The number of aryl methyl sites for hydroxylation is 1. The number of hydrogen-bond acceptors (Lipinski definition) is 6. The summed E-state index contributed by atoms with van der Waals surface area (Å²) in [6.07, 6.45) is -6.21. The Kier molecular flexibility index (Phi) is 9.04. The van der Waals surface area contributed by atoms with Crippen LogP contribution in [0, 0.1) is 17.3 Å². The molecule has 2 aliphatic heterocycles. The second-order valence-corrected chi connectivity index (χ2v) is 12.5. The van der Waals surface area contributed by atoms with Gasteiger partial charge in [-0.1, -0.05) is 29.7 Å². The highest BCUT2D eigenvalue weighted by Gasteiger charge is 2.51. The topological polar surface area (TPSA) is 118 Å². The first-order chi connectivity index (χ1) is 21.1. The number of amides is 2. The van der Waals surface area contributed by atoms with Gasteiger partial charge < -0.3 is 19.6 Å². The van der Waals surface area contributed by atoms with Gasteiger partial charge in [-0.25, -0.2) is 13.5 Å². The number of halogens is 6. The van der Waals surface area contributed by atoms with Gasteiger partial charge in [0.1, 0.15) is 23.7 Å². The van der Waals surface area contributed by atoms with E-state index in [0.29, 0.717) is 30.4 Å². The van der Waals surface area contributed by atoms with Crippen LogP contribution in [0.4, 0.5) is 22.0 Å². The molecule has 2 amide bonds. The van der Waals surface area contributed by atoms with Crippen LogP contribution in [0.3, 0.4) is 0 Å². The van der Waals surface area contributed by atoms with Crippen LogP contribution < -0.4 is 4.74 Å². The summed E-state index contributed by atoms with van der Waals surface area (Å²) in [5.74, 6) is -5.04. The molecule has 246 valence electrons. The van der Waals surface area contributed by atoms with Crippen molar-refractivity contribution in [2.24, 2.45) is 24.3 Å². The third-order valence-corrected chi connectivity index (χ3v) is 9.79. The molecule has 1 N–H and O–H groups in total. The number of nitrogens with zero attached hydrogens (tertiary/aromatic N) is 5. The third-order valence-electron chi connectivity index (χ3n) is 9.44. The van der Waals surface area contributed by atoms with E-state index in [1.54, 1.807) is 0 Å². The zero-order chi connectivity index (χ0) is 32.8. The summed E-state index contributed by atoms with van der Waals surface area (Å²) in [4.78, 5) is 42.0. The lowest BCUT2D eigenvalue weighted by Gasteiger charge is -2.45. The molecule has 1 saturated carbocycles. The predicted octanol–water partition coefficient (Wildman–Crippen LogP) is 5.10. The number of carbonyl (C=O) groups is 3. The van der Waals surface area contributed by atoms with E-state index in [9.17, 15) is 41.4 Å². The van der Waals surface area contributed by atoms with Crippen LogP contribution >= 0.6 is 11.6 Å². The van der Waals surface area contributed by atoms with Gasteiger partial charge in [0.05, 0.1) is 23.3 Å². The van der Waals surface area contributed by atoms with Crippen LogP contribution in [0.1, 0.15) is 74.0 Å². The molecule has 16 heteroatoms. The van der Waals surface area contributed by atoms with Gasteiger partial charge in [-0.3, -0.25) is 14.4 Å². The number of carboxylic acids is 1. The first kappa shape index (κ1) is 32.9. The summed E-state index contributed by atoms with van der Waals surface area (Å²) < 4.78 is 75.0. The molecule has 2 fully saturated rings. The summed E-state index contributed by atoms with van der Waals surface area (Å²) in [7, 11) is 1.30. The van der Waals surface area contributed by atoms with E-state index in [1.165, 1.54) is 31.0 Å². The van der Waals surface area contributed by atoms with Crippen molar-refractivity contribution in [2.45, 2.75) is 70.7 Å². The van der Waals surface area contributed by atoms with Crippen molar-refractivity contribution in [1.82, 2.24) is 24.8 Å². The van der Waals surface area contributed by atoms with E-state index in [2.05, 4.69) is 10.3 Å². The number of alkyl halides is 5. The normalized spacial score (nSPS) is 25.5. The fraction of sp³-hybridized carbons (Fsp3) is 0.621. The second kappa shape index (κ2) is 12.4. The van der Waals surface area contributed by atoms with Crippen molar-refractivity contribution in [3.8, 4) is 5.75 Å². The molecule has 1 saturated heterocycles. The number of aliphatic carboxylic acids is 1. The highest BCUT2D eigenvalue weighted by Crippen LogP contribution is 2.47. The molecular weight excluding hydrogens is 629 g/mol. The minimum Gasteiger partial charge on any atom is -0.487 e. The van der Waals surface area contributed by atoms with Gasteiger partial charge in [0, 0.05) is 43.7 Å². The van der Waals surface area contributed by atoms with Gasteiger partial charge >= 0.3 is 12.1 Å². The fourth-order valence-corrected chi connectivity index (χ4v) is 7.10. The van der Waals surface area contributed by atoms with Crippen LogP contribution in [-0.4, -0.2) is 73.5 Å². The molecule has 1 aromatic carbocycles. The second-order valence-electron chi connectivity index (χ2n) is 12.1. The number of aromatic nitrogens is 3. The molecule has 2 aromatic rings. The minimum atomic E-state index is -4.60. The molecule has 0 radical (unpaired) electrons. The molecule has 4 atom stereocenters. The zero-order valence-corrected chi connectivity index (χ0v) is 25.4. The number of likely N-dealkylation sites (tertiary alicyclic amines) is 1. The molecule has 10 nitrogen and oxygen atoms in total. The smallest absolute Gasteiger partial charge is 0.394 e. The van der Waals surface area contributed by atoms with Crippen LogP contribution in [0.5, 0.6) is 5.75 Å². The minimum absolute atomic E-state index is 0.0658. The van der Waals surface area contributed by atoms with E-state index < -0.39 is 78.9 Å². The standard InChI is InChI=1S/C29H33ClF5N5O5/c1-28(27(43)44)9-4-3-5-17(28)26(42)40-10-8-16-18(30)6-7-21(45-14-19-24(25(31)32)38(2)37-36-19)23(16)20(40)13-39-12-15(11-22(39)41)29(33,34)35/h6-7,15,17,20,25H,3-5,8-14H2,1-2H3,(H,43,44)/t15?,17?,20-,28?/m1/s1. The maximum absolute atomic E-state index is 14.3. The van der Waals surface area contributed by atoms with Gasteiger partial charge in [0.2, 0.25) is 11.8 Å². The SMILES string of the molecule is Cn1nnc(COc2ccc(Cl)c3c2[C@@H](CN2CC(C(F)(F)F)CC2=O)N(C(=O)C2CCCCC2(C)C(=O)O)CC3)c1C(F)F. The van der Waals surface area contributed by atoms with Gasteiger partial charge in [0.15, 0.2) is 0 Å². The Balaban J connectivity index is 1.55. The number of carboxylic acid groups (broad SMARTS) is 1. The van der Waals surface area contributed by atoms with Crippen molar-refractivity contribution in [2.75, 3.05) is 19.6 Å². The highest BCUT2D eigenvalue weighted by atomic mass is 35.5. The Morgan fingerprint density at radius 1 is 1.24 bits per heavy atom. The van der Waals surface area contributed by atoms with Crippen LogP contribution in [0.15, 0.2) is 12.1 Å². The Morgan fingerprint density at radius 2 is 1.98 bits per heavy atom. The summed E-state index contributed by atoms with van der Waals surface area (Å²) in [6.45, 7) is 0.206. The summed E-state index contributed by atoms with van der Waals surface area (Å²) in [5, 5.41) is 17.8. The zero-order valence-electron chi connectivity index (χ0n) is 24.6. The predicted molar refractivity (Wildman–Crippen MR) is 148 cm³/mol. The number of fused-ring (bicyclic) bond motifs is 1. The number of carbonyl (C=O) groups excluding carboxylic acids is 2. The molecule has 3 heterocycles. The average molecular weight is 662 g/mol.